The maximum Gasteiger partial charge on any atom is 0.102 e. The fourth-order valence-corrected chi connectivity index (χ4v) is 3.66. The average Bonchev–Trinajstić information content (AvgIpc) is 3.09. The quantitative estimate of drug-likeness (QED) is 0.342. The number of rotatable bonds is 2. The first-order valence-corrected chi connectivity index (χ1v) is 9.25. The van der Waals surface area contributed by atoms with Crippen LogP contribution in [-0.4, -0.2) is 14.8 Å². The highest BCUT2D eigenvalue weighted by Gasteiger charge is 2.17. The third-order valence-corrected chi connectivity index (χ3v) is 5.07. The summed E-state index contributed by atoms with van der Waals surface area (Å²) in [5.41, 5.74) is 4.69. The van der Waals surface area contributed by atoms with Gasteiger partial charge in [-0.05, 0) is 36.4 Å². The molecule has 5 aromatic rings. The van der Waals surface area contributed by atoms with Crippen LogP contribution in [-0.2, 0) is 0 Å². The Kier molecular flexibility index (Phi) is 3.85. The summed E-state index contributed by atoms with van der Waals surface area (Å²) in [6.45, 7) is 0. The Balaban J connectivity index is 1.90. The second-order valence-electron chi connectivity index (χ2n) is 6.28. The molecule has 0 saturated carbocycles. The van der Waals surface area contributed by atoms with Crippen molar-refractivity contribution >= 4 is 45.0 Å². The molecule has 0 aliphatic carbocycles. The van der Waals surface area contributed by atoms with Crippen molar-refractivity contribution in [2.24, 2.45) is 0 Å². The maximum atomic E-state index is 6.24. The first kappa shape index (κ1) is 16.3. The van der Waals surface area contributed by atoms with E-state index in [1.54, 1.807) is 0 Å². The van der Waals surface area contributed by atoms with Gasteiger partial charge in [0, 0.05) is 32.6 Å². The Morgan fingerprint density at radius 2 is 1.56 bits per heavy atom. The van der Waals surface area contributed by atoms with Crippen LogP contribution in [0.1, 0.15) is 0 Å². The summed E-state index contributed by atoms with van der Waals surface area (Å²) >= 11 is 12.3. The van der Waals surface area contributed by atoms with Gasteiger partial charge in [-0.2, -0.15) is 5.10 Å². The average molecular weight is 390 g/mol. The number of hydrogen-bond acceptors (Lipinski definition) is 2. The number of para-hydroxylation sites is 1. The Bertz CT molecular complexity index is 1290. The number of benzene rings is 3. The second kappa shape index (κ2) is 6.38. The molecular formula is C22H13Cl2N3. The molecule has 0 unspecified atom stereocenters. The third-order valence-electron chi connectivity index (χ3n) is 4.58. The monoisotopic (exact) mass is 389 g/mol. The van der Waals surface area contributed by atoms with Gasteiger partial charge in [-0.25, -0.2) is 4.68 Å². The Hall–Kier alpha value is -2.88. The van der Waals surface area contributed by atoms with Gasteiger partial charge in [0.05, 0.1) is 16.7 Å². The van der Waals surface area contributed by atoms with Crippen molar-refractivity contribution < 1.29 is 0 Å². The molecule has 2 heterocycles. The van der Waals surface area contributed by atoms with E-state index in [4.69, 9.17) is 28.3 Å². The van der Waals surface area contributed by atoms with Crippen LogP contribution in [0.25, 0.3) is 38.8 Å². The summed E-state index contributed by atoms with van der Waals surface area (Å²) in [7, 11) is 0. The van der Waals surface area contributed by atoms with Gasteiger partial charge in [-0.15, -0.1) is 0 Å². The van der Waals surface area contributed by atoms with E-state index < -0.39 is 0 Å². The molecule has 0 amide bonds. The lowest BCUT2D eigenvalue weighted by Gasteiger charge is -2.06. The molecule has 0 spiro atoms. The highest BCUT2D eigenvalue weighted by molar-refractivity contribution is 6.31. The van der Waals surface area contributed by atoms with E-state index in [1.807, 2.05) is 77.6 Å². The predicted octanol–water partition coefficient (Wildman–Crippen LogP) is 6.55. The lowest BCUT2D eigenvalue weighted by Crippen LogP contribution is -1.97. The summed E-state index contributed by atoms with van der Waals surface area (Å²) in [5, 5.41) is 8.32. The normalized spacial score (nSPS) is 11.3. The lowest BCUT2D eigenvalue weighted by atomic mass is 10.1. The molecule has 0 aliphatic rings. The van der Waals surface area contributed by atoms with Crippen LogP contribution in [0.15, 0.2) is 79.0 Å². The van der Waals surface area contributed by atoms with Gasteiger partial charge in [-0.1, -0.05) is 59.6 Å². The molecule has 130 valence electrons. The molecule has 5 heteroatoms. The zero-order chi connectivity index (χ0) is 18.4. The highest BCUT2D eigenvalue weighted by atomic mass is 35.5. The Morgan fingerprint density at radius 1 is 0.741 bits per heavy atom. The summed E-state index contributed by atoms with van der Waals surface area (Å²) in [5.74, 6) is 0. The van der Waals surface area contributed by atoms with Crippen molar-refractivity contribution in [3.05, 3.63) is 89.0 Å². The molecule has 0 saturated heterocycles. The molecule has 3 nitrogen and oxygen atoms in total. The minimum atomic E-state index is 0.669. The molecular weight excluding hydrogens is 377 g/mol. The smallest absolute Gasteiger partial charge is 0.102 e. The second-order valence-corrected chi connectivity index (χ2v) is 7.16. The zero-order valence-corrected chi connectivity index (χ0v) is 15.6. The van der Waals surface area contributed by atoms with Crippen LogP contribution >= 0.6 is 23.2 Å². The van der Waals surface area contributed by atoms with Gasteiger partial charge in [0.25, 0.3) is 0 Å². The van der Waals surface area contributed by atoms with Crippen LogP contribution in [0.3, 0.4) is 0 Å². The topological polar surface area (TPSA) is 30.7 Å². The van der Waals surface area contributed by atoms with Crippen molar-refractivity contribution in [2.75, 3.05) is 0 Å². The summed E-state index contributed by atoms with van der Waals surface area (Å²) in [4.78, 5) is 4.63. The van der Waals surface area contributed by atoms with Crippen molar-refractivity contribution in [1.29, 1.82) is 0 Å². The SMILES string of the molecule is Clc1ccc(-c2nn(-c3cccc(Cl)c3)c3c2cnc2ccccc23)cc1. The van der Waals surface area contributed by atoms with Crippen LogP contribution in [0.4, 0.5) is 0 Å². The molecule has 0 atom stereocenters. The minimum Gasteiger partial charge on any atom is -0.255 e. The summed E-state index contributed by atoms with van der Waals surface area (Å²) in [6.07, 6.45) is 1.88. The summed E-state index contributed by atoms with van der Waals surface area (Å²) < 4.78 is 1.94. The molecule has 0 radical (unpaired) electrons. The maximum absolute atomic E-state index is 6.24. The number of fused-ring (bicyclic) bond motifs is 3. The van der Waals surface area contributed by atoms with Gasteiger partial charge in [0.2, 0.25) is 0 Å². The van der Waals surface area contributed by atoms with Crippen molar-refractivity contribution in [2.45, 2.75) is 0 Å². The van der Waals surface area contributed by atoms with Gasteiger partial charge >= 0.3 is 0 Å². The van der Waals surface area contributed by atoms with Crippen LogP contribution in [0.2, 0.25) is 10.0 Å². The molecule has 5 rings (SSSR count). The first-order chi connectivity index (χ1) is 13.2. The predicted molar refractivity (Wildman–Crippen MR) is 112 cm³/mol. The molecule has 2 aromatic heterocycles. The number of nitrogens with zero attached hydrogens (tertiary/aromatic N) is 3. The molecule has 0 bridgehead atoms. The highest BCUT2D eigenvalue weighted by Crippen LogP contribution is 2.34. The van der Waals surface area contributed by atoms with Crippen LogP contribution in [0, 0.1) is 0 Å². The third kappa shape index (κ3) is 2.76. The zero-order valence-electron chi connectivity index (χ0n) is 14.1. The molecule has 0 N–H and O–H groups in total. The molecule has 27 heavy (non-hydrogen) atoms. The lowest BCUT2D eigenvalue weighted by molar-refractivity contribution is 0.918. The van der Waals surface area contributed by atoms with E-state index in [0.717, 1.165) is 38.8 Å². The largest absolute Gasteiger partial charge is 0.255 e. The minimum absolute atomic E-state index is 0.669. The summed E-state index contributed by atoms with van der Waals surface area (Å²) in [6, 6.07) is 23.5. The standard InChI is InChI=1S/C22H13Cl2N3/c23-15-10-8-14(9-11-15)21-19-13-25-20-7-2-1-6-18(20)22(19)27(26-21)17-5-3-4-16(24)12-17/h1-13H. The van der Waals surface area contributed by atoms with E-state index in [-0.39, 0.29) is 0 Å². The van der Waals surface area contributed by atoms with E-state index in [9.17, 15) is 0 Å². The molecule has 3 aromatic carbocycles. The van der Waals surface area contributed by atoms with E-state index in [2.05, 4.69) is 11.1 Å². The number of aromatic nitrogens is 3. The van der Waals surface area contributed by atoms with E-state index in [0.29, 0.717) is 10.0 Å². The van der Waals surface area contributed by atoms with Crippen molar-refractivity contribution in [1.82, 2.24) is 14.8 Å². The van der Waals surface area contributed by atoms with Gasteiger partial charge in [0.15, 0.2) is 0 Å². The van der Waals surface area contributed by atoms with E-state index >= 15 is 0 Å². The number of pyridine rings is 1. The fraction of sp³-hybridized carbons (Fsp3) is 0. The van der Waals surface area contributed by atoms with Crippen molar-refractivity contribution in [3.63, 3.8) is 0 Å². The van der Waals surface area contributed by atoms with E-state index in [1.165, 1.54) is 0 Å². The van der Waals surface area contributed by atoms with Crippen LogP contribution < -0.4 is 0 Å². The Morgan fingerprint density at radius 3 is 2.37 bits per heavy atom. The fourth-order valence-electron chi connectivity index (χ4n) is 3.35. The number of halogens is 2. The van der Waals surface area contributed by atoms with Gasteiger partial charge in [0.1, 0.15) is 5.69 Å². The van der Waals surface area contributed by atoms with Gasteiger partial charge in [-0.3, -0.25) is 4.98 Å². The Labute approximate surface area is 165 Å². The van der Waals surface area contributed by atoms with Crippen molar-refractivity contribution in [3.8, 4) is 16.9 Å². The van der Waals surface area contributed by atoms with Gasteiger partial charge < -0.3 is 0 Å². The number of hydrogen-bond donors (Lipinski definition) is 0. The molecule has 0 aliphatic heterocycles. The molecule has 0 fully saturated rings. The van der Waals surface area contributed by atoms with Crippen LogP contribution in [0.5, 0.6) is 0 Å². The first-order valence-electron chi connectivity index (χ1n) is 8.49.